The highest BCUT2D eigenvalue weighted by atomic mass is 35.5. The Kier molecular flexibility index (Phi) is 13.2. The lowest BCUT2D eigenvalue weighted by molar-refractivity contribution is -0.137. The predicted octanol–water partition coefficient (Wildman–Crippen LogP) is 0.996. The van der Waals surface area contributed by atoms with Crippen LogP contribution in [0.3, 0.4) is 0 Å². The largest absolute Gasteiger partial charge is 0.461 e. The fourth-order valence-electron chi connectivity index (χ4n) is 0.611. The molecule has 0 spiro atoms. The van der Waals surface area contributed by atoms with Crippen molar-refractivity contribution in [1.29, 1.82) is 10.8 Å². The number of nitrogens with one attached hydrogen (secondary N) is 2. The molecule has 2 N–H and O–H groups in total. The molecule has 0 unspecified atom stereocenters. The van der Waals surface area contributed by atoms with E-state index in [9.17, 15) is 9.59 Å². The summed E-state index contributed by atoms with van der Waals surface area (Å²) in [6.07, 6.45) is 0. The van der Waals surface area contributed by atoms with Gasteiger partial charge in [-0.2, -0.15) is 0 Å². The van der Waals surface area contributed by atoms with Gasteiger partial charge in [-0.1, -0.05) is 0 Å². The van der Waals surface area contributed by atoms with E-state index in [0.29, 0.717) is 0 Å². The second kappa shape index (κ2) is 10.4. The Hall–Kier alpha value is -1.14. The van der Waals surface area contributed by atoms with Gasteiger partial charge in [-0.3, -0.25) is 10.8 Å². The van der Waals surface area contributed by atoms with Crippen molar-refractivity contribution in [3.8, 4) is 0 Å². The first kappa shape index (κ1) is 20.3. The molecule has 6 nitrogen and oxygen atoms in total. The van der Waals surface area contributed by atoms with Crippen molar-refractivity contribution in [3.63, 3.8) is 0 Å². The lowest BCUT2D eigenvalue weighted by atomic mass is 10.2. The van der Waals surface area contributed by atoms with Crippen LogP contribution >= 0.6 is 24.8 Å². The summed E-state index contributed by atoms with van der Waals surface area (Å²) < 4.78 is 8.88. The summed E-state index contributed by atoms with van der Waals surface area (Å²) in [5, 5.41) is 14.2. The third-order valence-corrected chi connectivity index (χ3v) is 1.21. The van der Waals surface area contributed by atoms with E-state index in [-0.39, 0.29) is 38.0 Å². The van der Waals surface area contributed by atoms with Crippen LogP contribution in [-0.2, 0) is 19.1 Å². The number of carbonyl (C=O) groups is 2. The van der Waals surface area contributed by atoms with Gasteiger partial charge in [0.15, 0.2) is 11.4 Å². The van der Waals surface area contributed by atoms with E-state index in [1.807, 2.05) is 0 Å². The van der Waals surface area contributed by atoms with Crippen molar-refractivity contribution in [2.45, 2.75) is 13.8 Å². The Morgan fingerprint density at radius 2 is 1.12 bits per heavy atom. The smallest absolute Gasteiger partial charge is 0.358 e. The normalized spacial score (nSPS) is 7.88. The van der Waals surface area contributed by atoms with Gasteiger partial charge in [0.2, 0.25) is 0 Å². The monoisotopic (exact) mass is 272 g/mol. The highest BCUT2D eigenvalue weighted by Gasteiger charge is 2.23. The summed E-state index contributed by atoms with van der Waals surface area (Å²) in [6, 6.07) is 0. The topological polar surface area (TPSA) is 100 Å². The van der Waals surface area contributed by atoms with E-state index in [1.54, 1.807) is 13.8 Å². The zero-order chi connectivity index (χ0) is 11.1. The van der Waals surface area contributed by atoms with E-state index in [2.05, 4.69) is 9.47 Å². The molecule has 94 valence electrons. The fourth-order valence-corrected chi connectivity index (χ4v) is 0.611. The maximum Gasteiger partial charge on any atom is 0.358 e. The van der Waals surface area contributed by atoms with Crippen molar-refractivity contribution in [2.24, 2.45) is 0 Å². The van der Waals surface area contributed by atoms with Gasteiger partial charge in [0, 0.05) is 0 Å². The Morgan fingerprint density at radius 3 is 1.31 bits per heavy atom. The van der Waals surface area contributed by atoms with E-state index >= 15 is 0 Å². The molecule has 0 rings (SSSR count). The van der Waals surface area contributed by atoms with Crippen LogP contribution in [0.2, 0.25) is 0 Å². The van der Waals surface area contributed by atoms with Crippen LogP contribution in [0.5, 0.6) is 0 Å². The summed E-state index contributed by atoms with van der Waals surface area (Å²) in [7, 11) is 0. The molecule has 0 amide bonds. The molecule has 0 saturated heterocycles. The molecular formula is C8H14Cl2N2O4. The van der Waals surface area contributed by atoms with Gasteiger partial charge in [-0.05, 0) is 13.8 Å². The van der Waals surface area contributed by atoms with Crippen LogP contribution in [0.1, 0.15) is 13.8 Å². The molecule has 0 fully saturated rings. The molecule has 0 bridgehead atoms. The molecule has 0 aliphatic rings. The number of hydrogen-bond donors (Lipinski definition) is 2. The van der Waals surface area contributed by atoms with Crippen LogP contribution in [0, 0.1) is 10.8 Å². The first-order valence-corrected chi connectivity index (χ1v) is 4.06. The van der Waals surface area contributed by atoms with Gasteiger partial charge in [0.05, 0.1) is 13.2 Å². The summed E-state index contributed by atoms with van der Waals surface area (Å²) in [6.45, 7) is 3.33. The van der Waals surface area contributed by atoms with Crippen molar-refractivity contribution in [2.75, 3.05) is 13.2 Å². The third-order valence-electron chi connectivity index (χ3n) is 1.21. The lowest BCUT2D eigenvalue weighted by Gasteiger charge is -2.04. The highest BCUT2D eigenvalue weighted by molar-refractivity contribution is 6.77. The van der Waals surface area contributed by atoms with Crippen LogP contribution < -0.4 is 0 Å². The van der Waals surface area contributed by atoms with Crippen molar-refractivity contribution in [3.05, 3.63) is 0 Å². The van der Waals surface area contributed by atoms with Gasteiger partial charge < -0.3 is 9.47 Å². The molecular weight excluding hydrogens is 259 g/mol. The molecule has 16 heavy (non-hydrogen) atoms. The highest BCUT2D eigenvalue weighted by Crippen LogP contribution is 1.89. The summed E-state index contributed by atoms with van der Waals surface area (Å²) in [5.41, 5.74) is -1.57. The minimum atomic E-state index is -0.995. The van der Waals surface area contributed by atoms with E-state index in [0.717, 1.165) is 0 Å². The van der Waals surface area contributed by atoms with Crippen molar-refractivity contribution in [1.82, 2.24) is 0 Å². The minimum absolute atomic E-state index is 0. The number of carbonyl (C=O) groups excluding carboxylic acids is 2. The van der Waals surface area contributed by atoms with Crippen LogP contribution in [0.4, 0.5) is 0 Å². The summed E-state index contributed by atoms with van der Waals surface area (Å²) >= 11 is 0. The maximum atomic E-state index is 10.9. The molecule has 0 radical (unpaired) electrons. The standard InChI is InChI=1S/C8H12N2O4.2ClH/c1-3-13-7(11)5(9)6(10)8(12)14-4-2;;/h9-10H,3-4H2,1-2H3;2*1H. The Balaban J connectivity index is -0.000000845. The average Bonchev–Trinajstić information content (AvgIpc) is 2.16. The minimum Gasteiger partial charge on any atom is -0.461 e. The average molecular weight is 273 g/mol. The molecule has 0 atom stereocenters. The number of esters is 2. The first-order chi connectivity index (χ1) is 6.54. The number of halogens is 2. The van der Waals surface area contributed by atoms with Crippen LogP contribution in [-0.4, -0.2) is 36.6 Å². The Labute approximate surface area is 106 Å². The van der Waals surface area contributed by atoms with Gasteiger partial charge in [0.1, 0.15) is 0 Å². The molecule has 0 heterocycles. The predicted molar refractivity (Wildman–Crippen MR) is 63.2 cm³/mol. The first-order valence-electron chi connectivity index (χ1n) is 4.06. The third kappa shape index (κ3) is 6.36. The van der Waals surface area contributed by atoms with E-state index < -0.39 is 23.4 Å². The molecule has 8 heteroatoms. The Morgan fingerprint density at radius 1 is 0.875 bits per heavy atom. The van der Waals surface area contributed by atoms with Gasteiger partial charge in [0.25, 0.3) is 0 Å². The zero-order valence-corrected chi connectivity index (χ0v) is 10.5. The number of rotatable bonds is 5. The SMILES string of the molecule is CCOC(=O)C(=N)C(=N)C(=O)OCC.Cl.Cl. The van der Waals surface area contributed by atoms with E-state index in [4.69, 9.17) is 10.8 Å². The quantitative estimate of drug-likeness (QED) is 0.576. The maximum absolute atomic E-state index is 10.9. The number of hydrogen-bond acceptors (Lipinski definition) is 6. The second-order valence-corrected chi connectivity index (χ2v) is 2.19. The fraction of sp³-hybridized carbons (Fsp3) is 0.500. The molecule has 0 aliphatic carbocycles. The Bertz CT molecular complexity index is 253. The van der Waals surface area contributed by atoms with Crippen LogP contribution in [0.25, 0.3) is 0 Å². The van der Waals surface area contributed by atoms with Gasteiger partial charge in [-0.15, -0.1) is 24.8 Å². The number of ether oxygens (including phenoxy) is 2. The second-order valence-electron chi connectivity index (χ2n) is 2.19. The van der Waals surface area contributed by atoms with Crippen molar-refractivity contribution >= 4 is 48.2 Å². The molecule has 0 aliphatic heterocycles. The lowest BCUT2D eigenvalue weighted by Crippen LogP contribution is -2.32. The summed E-state index contributed by atoms with van der Waals surface area (Å²) in [4.78, 5) is 21.8. The molecule has 0 aromatic heterocycles. The van der Waals surface area contributed by atoms with Crippen LogP contribution in [0.15, 0.2) is 0 Å². The molecule has 0 aromatic carbocycles. The van der Waals surface area contributed by atoms with E-state index in [1.165, 1.54) is 0 Å². The summed E-state index contributed by atoms with van der Waals surface area (Å²) in [5.74, 6) is -1.99. The zero-order valence-electron chi connectivity index (χ0n) is 8.86. The molecule has 0 aromatic rings. The van der Waals surface area contributed by atoms with Crippen molar-refractivity contribution < 1.29 is 19.1 Å². The van der Waals surface area contributed by atoms with Gasteiger partial charge in [-0.25, -0.2) is 9.59 Å². The van der Waals surface area contributed by atoms with Gasteiger partial charge >= 0.3 is 11.9 Å². The molecule has 0 saturated carbocycles.